The largest absolute Gasteiger partial charge is 0.508 e. The summed E-state index contributed by atoms with van der Waals surface area (Å²) in [7, 11) is -3.86. The lowest BCUT2D eigenvalue weighted by molar-refractivity contribution is 0.453. The van der Waals surface area contributed by atoms with E-state index in [1.54, 1.807) is 26.8 Å². The van der Waals surface area contributed by atoms with Gasteiger partial charge in [-0.1, -0.05) is 6.07 Å². The highest BCUT2D eigenvalue weighted by Crippen LogP contribution is 2.34. The fourth-order valence-corrected chi connectivity index (χ4v) is 3.53. The van der Waals surface area contributed by atoms with Crippen LogP contribution in [0.2, 0.25) is 0 Å². The summed E-state index contributed by atoms with van der Waals surface area (Å²) in [5.41, 5.74) is 1.98. The molecule has 4 nitrogen and oxygen atoms in total. The Balaban J connectivity index is 2.70. The molecule has 20 heavy (non-hydrogen) atoms. The molecule has 0 aromatic heterocycles. The summed E-state index contributed by atoms with van der Waals surface area (Å²) in [5, 5.41) is 19.6. The Morgan fingerprint density at radius 3 is 2.20 bits per heavy atom. The maximum atomic E-state index is 12.6. The number of phenols is 2. The molecule has 0 saturated carbocycles. The molecule has 5 heteroatoms. The summed E-state index contributed by atoms with van der Waals surface area (Å²) in [4.78, 5) is -0.181. The van der Waals surface area contributed by atoms with Crippen LogP contribution >= 0.6 is 0 Å². The first-order valence-electron chi connectivity index (χ1n) is 6.08. The quantitative estimate of drug-likeness (QED) is 0.892. The lowest BCUT2D eigenvalue weighted by atomic mass is 10.1. The fourth-order valence-electron chi connectivity index (χ4n) is 2.00. The standard InChI is InChI=1S/C15H16O4S/c1-9-6-12(16)8-13(7-9)20(18,19)14-5-4-10(2)11(3)15(14)17/h4-8,16-17H,1-3H3. The number of hydrogen-bond acceptors (Lipinski definition) is 4. The molecule has 0 aliphatic carbocycles. The van der Waals surface area contributed by atoms with Crippen molar-refractivity contribution in [3.05, 3.63) is 47.0 Å². The minimum Gasteiger partial charge on any atom is -0.508 e. The van der Waals surface area contributed by atoms with E-state index >= 15 is 0 Å². The fraction of sp³-hybridized carbons (Fsp3) is 0.200. The SMILES string of the molecule is Cc1cc(O)cc(S(=O)(=O)c2ccc(C)c(C)c2O)c1. The number of sulfone groups is 1. The maximum absolute atomic E-state index is 12.6. The van der Waals surface area contributed by atoms with E-state index in [4.69, 9.17) is 0 Å². The van der Waals surface area contributed by atoms with Crippen LogP contribution in [0, 0.1) is 20.8 Å². The summed E-state index contributed by atoms with van der Waals surface area (Å²) in [6.07, 6.45) is 0. The molecule has 2 aromatic rings. The molecule has 2 aromatic carbocycles. The molecule has 0 heterocycles. The normalized spacial score (nSPS) is 11.6. The predicted molar refractivity (Wildman–Crippen MR) is 75.9 cm³/mol. The molecule has 0 amide bonds. The molecular formula is C15H16O4S. The first-order chi connectivity index (χ1) is 9.23. The van der Waals surface area contributed by atoms with Gasteiger partial charge >= 0.3 is 0 Å². The average Bonchev–Trinajstić information content (AvgIpc) is 2.34. The molecule has 0 radical (unpaired) electrons. The Morgan fingerprint density at radius 2 is 1.60 bits per heavy atom. The van der Waals surface area contributed by atoms with Crippen LogP contribution in [0.1, 0.15) is 16.7 Å². The highest BCUT2D eigenvalue weighted by Gasteiger charge is 2.23. The van der Waals surface area contributed by atoms with Crippen LogP contribution in [0.5, 0.6) is 11.5 Å². The molecule has 106 valence electrons. The van der Waals surface area contributed by atoms with Crippen LogP contribution < -0.4 is 0 Å². The zero-order valence-electron chi connectivity index (χ0n) is 11.5. The van der Waals surface area contributed by atoms with Crippen LogP contribution in [-0.2, 0) is 9.84 Å². The minimum absolute atomic E-state index is 0.0337. The summed E-state index contributed by atoms with van der Waals surface area (Å²) in [6, 6.07) is 7.14. The van der Waals surface area contributed by atoms with E-state index in [-0.39, 0.29) is 21.3 Å². The lowest BCUT2D eigenvalue weighted by Crippen LogP contribution is -2.04. The van der Waals surface area contributed by atoms with E-state index < -0.39 is 9.84 Å². The highest BCUT2D eigenvalue weighted by molar-refractivity contribution is 7.91. The Hall–Kier alpha value is -2.01. The predicted octanol–water partition coefficient (Wildman–Crippen LogP) is 2.86. The monoisotopic (exact) mass is 292 g/mol. The van der Waals surface area contributed by atoms with Crippen molar-refractivity contribution in [2.75, 3.05) is 0 Å². The van der Waals surface area contributed by atoms with Crippen LogP contribution in [0.3, 0.4) is 0 Å². The molecule has 0 fully saturated rings. The maximum Gasteiger partial charge on any atom is 0.210 e. The molecule has 0 atom stereocenters. The van der Waals surface area contributed by atoms with Crippen LogP contribution in [0.4, 0.5) is 0 Å². The molecular weight excluding hydrogens is 276 g/mol. The van der Waals surface area contributed by atoms with Gasteiger partial charge in [-0.2, -0.15) is 0 Å². The van der Waals surface area contributed by atoms with E-state index in [2.05, 4.69) is 0 Å². The molecule has 0 aliphatic heterocycles. The molecule has 0 bridgehead atoms. The molecule has 2 N–H and O–H groups in total. The smallest absolute Gasteiger partial charge is 0.210 e. The molecule has 2 rings (SSSR count). The van der Waals surface area contributed by atoms with E-state index in [0.29, 0.717) is 11.1 Å². The molecule has 0 unspecified atom stereocenters. The zero-order chi connectivity index (χ0) is 15.1. The third-order valence-electron chi connectivity index (χ3n) is 3.30. The van der Waals surface area contributed by atoms with Crippen molar-refractivity contribution in [1.29, 1.82) is 0 Å². The van der Waals surface area contributed by atoms with Crippen molar-refractivity contribution in [1.82, 2.24) is 0 Å². The van der Waals surface area contributed by atoms with Crippen LogP contribution in [0.15, 0.2) is 40.1 Å². The van der Waals surface area contributed by atoms with Gasteiger partial charge in [0.05, 0.1) is 4.90 Å². The van der Waals surface area contributed by atoms with Gasteiger partial charge in [-0.3, -0.25) is 0 Å². The van der Waals surface area contributed by atoms with Gasteiger partial charge in [-0.15, -0.1) is 0 Å². The Bertz CT molecular complexity index is 756. The van der Waals surface area contributed by atoms with Crippen molar-refractivity contribution < 1.29 is 18.6 Å². The molecule has 0 aliphatic rings. The van der Waals surface area contributed by atoms with Gasteiger partial charge in [0.15, 0.2) is 0 Å². The van der Waals surface area contributed by atoms with Crippen LogP contribution in [-0.4, -0.2) is 18.6 Å². The second-order valence-corrected chi connectivity index (χ2v) is 6.78. The average molecular weight is 292 g/mol. The topological polar surface area (TPSA) is 74.6 Å². The van der Waals surface area contributed by atoms with Crippen molar-refractivity contribution >= 4 is 9.84 Å². The molecule has 0 saturated heterocycles. The number of phenolic OH excluding ortho intramolecular Hbond substituents is 2. The first kappa shape index (κ1) is 14.4. The summed E-state index contributed by atoms with van der Waals surface area (Å²) in [5.74, 6) is -0.363. The number of hydrogen-bond donors (Lipinski definition) is 2. The number of aromatic hydroxyl groups is 2. The third-order valence-corrected chi connectivity index (χ3v) is 5.07. The van der Waals surface area contributed by atoms with E-state index in [0.717, 1.165) is 5.56 Å². The van der Waals surface area contributed by atoms with E-state index in [1.807, 2.05) is 0 Å². The first-order valence-corrected chi connectivity index (χ1v) is 7.56. The van der Waals surface area contributed by atoms with Gasteiger partial charge in [0.1, 0.15) is 16.4 Å². The Kier molecular flexibility index (Phi) is 3.48. The van der Waals surface area contributed by atoms with Crippen LogP contribution in [0.25, 0.3) is 0 Å². The second-order valence-electron chi connectivity index (χ2n) is 4.86. The van der Waals surface area contributed by atoms with E-state index in [9.17, 15) is 18.6 Å². The van der Waals surface area contributed by atoms with Gasteiger partial charge in [0.2, 0.25) is 9.84 Å². The minimum atomic E-state index is -3.86. The summed E-state index contributed by atoms with van der Waals surface area (Å²) < 4.78 is 25.1. The number of aryl methyl sites for hydroxylation is 2. The van der Waals surface area contributed by atoms with Gasteiger partial charge in [0, 0.05) is 0 Å². The lowest BCUT2D eigenvalue weighted by Gasteiger charge is -2.11. The summed E-state index contributed by atoms with van der Waals surface area (Å²) in [6.45, 7) is 5.15. The van der Waals surface area contributed by atoms with Crippen molar-refractivity contribution in [2.45, 2.75) is 30.6 Å². The third kappa shape index (κ3) is 2.36. The highest BCUT2D eigenvalue weighted by atomic mass is 32.2. The number of benzene rings is 2. The summed E-state index contributed by atoms with van der Waals surface area (Å²) >= 11 is 0. The Labute approximate surface area is 118 Å². The van der Waals surface area contributed by atoms with Gasteiger partial charge in [-0.05, 0) is 61.7 Å². The van der Waals surface area contributed by atoms with E-state index in [1.165, 1.54) is 24.3 Å². The number of rotatable bonds is 2. The van der Waals surface area contributed by atoms with Crippen molar-refractivity contribution in [3.8, 4) is 11.5 Å². The zero-order valence-corrected chi connectivity index (χ0v) is 12.3. The van der Waals surface area contributed by atoms with Gasteiger partial charge < -0.3 is 10.2 Å². The molecule has 0 spiro atoms. The second kappa shape index (κ2) is 4.83. The van der Waals surface area contributed by atoms with Crippen molar-refractivity contribution in [3.63, 3.8) is 0 Å². The van der Waals surface area contributed by atoms with Gasteiger partial charge in [0.25, 0.3) is 0 Å². The van der Waals surface area contributed by atoms with Crippen molar-refractivity contribution in [2.24, 2.45) is 0 Å². The van der Waals surface area contributed by atoms with Gasteiger partial charge in [-0.25, -0.2) is 8.42 Å². The Morgan fingerprint density at radius 1 is 0.950 bits per heavy atom.